The Bertz CT molecular complexity index is 629. The van der Waals surface area contributed by atoms with Gasteiger partial charge in [-0.1, -0.05) is 0 Å². The predicted molar refractivity (Wildman–Crippen MR) is 79.7 cm³/mol. The Morgan fingerprint density at radius 3 is 2.62 bits per heavy atom. The molecule has 0 radical (unpaired) electrons. The van der Waals surface area contributed by atoms with Crippen LogP contribution in [0, 0.1) is 5.82 Å². The van der Waals surface area contributed by atoms with Crippen LogP contribution in [0.1, 0.15) is 5.56 Å². The van der Waals surface area contributed by atoms with Crippen molar-refractivity contribution in [3.8, 4) is 5.75 Å². The highest BCUT2D eigenvalue weighted by Gasteiger charge is 2.06. The number of hydrogen-bond acceptors (Lipinski definition) is 3. The number of carbonyl (C=O) groups is 1. The number of urea groups is 1. The molecule has 2 amide bonds. The van der Waals surface area contributed by atoms with E-state index in [2.05, 4.69) is 10.6 Å². The van der Waals surface area contributed by atoms with Gasteiger partial charge in [-0.15, -0.1) is 0 Å². The molecule has 0 atom stereocenters. The third-order valence-electron chi connectivity index (χ3n) is 2.85. The molecule has 0 spiro atoms. The molecule has 0 bridgehead atoms. The molecule has 6 heteroatoms. The number of methoxy groups -OCH3 is 1. The molecule has 2 aromatic rings. The monoisotopic (exact) mass is 289 g/mol. The highest BCUT2D eigenvalue weighted by atomic mass is 19.1. The van der Waals surface area contributed by atoms with Gasteiger partial charge >= 0.3 is 6.03 Å². The molecule has 0 heterocycles. The molecular formula is C15H16FN3O2. The third-order valence-corrected chi connectivity index (χ3v) is 2.85. The van der Waals surface area contributed by atoms with Crippen LogP contribution in [0.2, 0.25) is 0 Å². The normalized spacial score (nSPS) is 10.0. The van der Waals surface area contributed by atoms with E-state index in [1.165, 1.54) is 24.3 Å². The van der Waals surface area contributed by atoms with Crippen LogP contribution < -0.4 is 21.1 Å². The zero-order valence-corrected chi connectivity index (χ0v) is 11.5. The van der Waals surface area contributed by atoms with Crippen molar-refractivity contribution in [1.29, 1.82) is 0 Å². The molecule has 5 nitrogen and oxygen atoms in total. The SMILES string of the molecule is COc1ccc(N)cc1CNC(=O)Nc1ccc(F)cc1. The van der Waals surface area contributed by atoms with Crippen LogP contribution in [0.4, 0.5) is 20.6 Å². The van der Waals surface area contributed by atoms with Gasteiger partial charge in [0, 0.05) is 23.5 Å². The van der Waals surface area contributed by atoms with Gasteiger partial charge in [0.15, 0.2) is 0 Å². The molecular weight excluding hydrogens is 273 g/mol. The van der Waals surface area contributed by atoms with E-state index < -0.39 is 6.03 Å². The molecule has 4 N–H and O–H groups in total. The molecule has 0 saturated heterocycles. The average molecular weight is 289 g/mol. The smallest absolute Gasteiger partial charge is 0.319 e. The Morgan fingerprint density at radius 1 is 1.24 bits per heavy atom. The van der Waals surface area contributed by atoms with E-state index >= 15 is 0 Å². The lowest BCUT2D eigenvalue weighted by molar-refractivity contribution is 0.251. The van der Waals surface area contributed by atoms with Gasteiger partial charge in [0.1, 0.15) is 11.6 Å². The first kappa shape index (κ1) is 14.6. The Labute approximate surface area is 121 Å². The van der Waals surface area contributed by atoms with E-state index in [4.69, 9.17) is 10.5 Å². The minimum absolute atomic E-state index is 0.265. The number of nitrogens with one attached hydrogen (secondary N) is 2. The second kappa shape index (κ2) is 6.60. The van der Waals surface area contributed by atoms with Gasteiger partial charge in [0.25, 0.3) is 0 Å². The van der Waals surface area contributed by atoms with Crippen LogP contribution in [-0.4, -0.2) is 13.1 Å². The maximum Gasteiger partial charge on any atom is 0.319 e. The van der Waals surface area contributed by atoms with Gasteiger partial charge in [-0.05, 0) is 42.5 Å². The highest BCUT2D eigenvalue weighted by Crippen LogP contribution is 2.20. The van der Waals surface area contributed by atoms with Crippen molar-refractivity contribution in [3.63, 3.8) is 0 Å². The molecule has 21 heavy (non-hydrogen) atoms. The van der Waals surface area contributed by atoms with Crippen molar-refractivity contribution in [2.24, 2.45) is 0 Å². The summed E-state index contributed by atoms with van der Waals surface area (Å²) < 4.78 is 18.0. The second-order valence-corrected chi connectivity index (χ2v) is 4.39. The molecule has 0 fully saturated rings. The number of nitrogens with two attached hydrogens (primary N) is 1. The van der Waals surface area contributed by atoms with Gasteiger partial charge in [0.05, 0.1) is 7.11 Å². The van der Waals surface area contributed by atoms with Gasteiger partial charge < -0.3 is 21.1 Å². The van der Waals surface area contributed by atoms with E-state index in [-0.39, 0.29) is 12.4 Å². The number of carbonyl (C=O) groups excluding carboxylic acids is 1. The number of nitrogen functional groups attached to an aromatic ring is 1. The lowest BCUT2D eigenvalue weighted by Crippen LogP contribution is -2.28. The van der Waals surface area contributed by atoms with Gasteiger partial charge in [-0.25, -0.2) is 9.18 Å². The van der Waals surface area contributed by atoms with Crippen LogP contribution in [-0.2, 0) is 6.54 Å². The summed E-state index contributed by atoms with van der Waals surface area (Å²) >= 11 is 0. The topological polar surface area (TPSA) is 76.4 Å². The largest absolute Gasteiger partial charge is 0.496 e. The molecule has 0 aliphatic heterocycles. The molecule has 2 rings (SSSR count). The van der Waals surface area contributed by atoms with Gasteiger partial charge in [-0.3, -0.25) is 0 Å². The number of halogens is 1. The Balaban J connectivity index is 1.95. The highest BCUT2D eigenvalue weighted by molar-refractivity contribution is 5.89. The fourth-order valence-corrected chi connectivity index (χ4v) is 1.82. The molecule has 0 saturated carbocycles. The fourth-order valence-electron chi connectivity index (χ4n) is 1.82. The molecule has 110 valence electrons. The molecule has 0 aliphatic carbocycles. The zero-order chi connectivity index (χ0) is 15.2. The Morgan fingerprint density at radius 2 is 1.95 bits per heavy atom. The minimum atomic E-state index is -0.397. The van der Waals surface area contributed by atoms with Crippen LogP contribution in [0.25, 0.3) is 0 Å². The Kier molecular flexibility index (Phi) is 4.61. The summed E-state index contributed by atoms with van der Waals surface area (Å²) in [5.41, 5.74) is 7.57. The summed E-state index contributed by atoms with van der Waals surface area (Å²) in [6.07, 6.45) is 0. The van der Waals surface area contributed by atoms with E-state index in [1.807, 2.05) is 0 Å². The van der Waals surface area contributed by atoms with Crippen LogP contribution in [0.15, 0.2) is 42.5 Å². The maximum absolute atomic E-state index is 12.8. The van der Waals surface area contributed by atoms with Crippen molar-refractivity contribution in [3.05, 3.63) is 53.8 Å². The molecule has 0 unspecified atom stereocenters. The molecule has 2 aromatic carbocycles. The summed E-state index contributed by atoms with van der Waals surface area (Å²) in [6.45, 7) is 0.265. The number of amides is 2. The van der Waals surface area contributed by atoms with Crippen molar-refractivity contribution >= 4 is 17.4 Å². The first-order chi connectivity index (χ1) is 10.1. The number of anilines is 2. The lowest BCUT2D eigenvalue weighted by Gasteiger charge is -2.11. The van der Waals surface area contributed by atoms with E-state index in [1.54, 1.807) is 25.3 Å². The van der Waals surface area contributed by atoms with Crippen molar-refractivity contribution < 1.29 is 13.9 Å². The number of rotatable bonds is 4. The van der Waals surface area contributed by atoms with Crippen molar-refractivity contribution in [1.82, 2.24) is 5.32 Å². The Hall–Kier alpha value is -2.76. The molecule has 0 aromatic heterocycles. The van der Waals surface area contributed by atoms with Crippen LogP contribution in [0.3, 0.4) is 0 Å². The van der Waals surface area contributed by atoms with Crippen LogP contribution in [0.5, 0.6) is 5.75 Å². The lowest BCUT2D eigenvalue weighted by atomic mass is 10.2. The maximum atomic E-state index is 12.8. The van der Waals surface area contributed by atoms with Gasteiger partial charge in [-0.2, -0.15) is 0 Å². The van der Waals surface area contributed by atoms with E-state index in [9.17, 15) is 9.18 Å². The summed E-state index contributed by atoms with van der Waals surface area (Å²) in [6, 6.07) is 10.3. The first-order valence-corrected chi connectivity index (χ1v) is 6.31. The van der Waals surface area contributed by atoms with Crippen molar-refractivity contribution in [2.45, 2.75) is 6.54 Å². The van der Waals surface area contributed by atoms with E-state index in [0.717, 1.165) is 5.56 Å². The number of benzene rings is 2. The number of hydrogen-bond donors (Lipinski definition) is 3. The molecule has 0 aliphatic rings. The zero-order valence-electron chi connectivity index (χ0n) is 11.5. The third kappa shape index (κ3) is 4.10. The summed E-state index contributed by atoms with van der Waals surface area (Å²) in [4.78, 5) is 11.8. The first-order valence-electron chi connectivity index (χ1n) is 6.31. The quantitative estimate of drug-likeness (QED) is 0.757. The summed E-state index contributed by atoms with van der Waals surface area (Å²) in [5.74, 6) is 0.289. The fraction of sp³-hybridized carbons (Fsp3) is 0.133. The standard InChI is InChI=1S/C15H16FN3O2/c1-21-14-7-4-12(17)8-10(14)9-18-15(20)19-13-5-2-11(16)3-6-13/h2-8H,9,17H2,1H3,(H2,18,19,20). The average Bonchev–Trinajstić information content (AvgIpc) is 2.48. The second-order valence-electron chi connectivity index (χ2n) is 4.39. The summed E-state index contributed by atoms with van der Waals surface area (Å²) in [5, 5.41) is 5.29. The minimum Gasteiger partial charge on any atom is -0.496 e. The van der Waals surface area contributed by atoms with E-state index in [0.29, 0.717) is 17.1 Å². The van der Waals surface area contributed by atoms with Crippen LogP contribution >= 0.6 is 0 Å². The predicted octanol–water partition coefficient (Wildman–Crippen LogP) is 2.74. The summed E-state index contributed by atoms with van der Waals surface area (Å²) in [7, 11) is 1.55. The van der Waals surface area contributed by atoms with Gasteiger partial charge in [0.2, 0.25) is 0 Å². The number of ether oxygens (including phenoxy) is 1. The van der Waals surface area contributed by atoms with Crippen molar-refractivity contribution in [2.75, 3.05) is 18.2 Å².